The number of pyridine rings is 1. The minimum Gasteiger partial charge on any atom is -0.550 e. The van der Waals surface area contributed by atoms with Crippen molar-refractivity contribution in [3.63, 3.8) is 0 Å². The summed E-state index contributed by atoms with van der Waals surface area (Å²) in [4.78, 5) is 66.3. The number of amides is 2. The van der Waals surface area contributed by atoms with Gasteiger partial charge in [-0.1, -0.05) is 116 Å². The Morgan fingerprint density at radius 2 is 1.30 bits per heavy atom. The van der Waals surface area contributed by atoms with Gasteiger partial charge in [0.2, 0.25) is 5.91 Å². The molecular formula is C55H89N4O8+. The SMILES string of the molecule is CCCCCCCC[N+](C)(C)CCOC(=O)C(C)CC(CC1CC(NC(=O)c2ccccc2)CC1C(CC(CC)C(N)=O)C(=O)[O-])C(=O)OCCCCCCCCCCCC[n+]1ccccc1. The molecule has 0 bridgehead atoms. The van der Waals surface area contributed by atoms with Gasteiger partial charge in [0.15, 0.2) is 12.4 Å². The molecule has 3 rings (SSSR count). The monoisotopic (exact) mass is 934 g/mol. The first-order chi connectivity index (χ1) is 32.2. The summed E-state index contributed by atoms with van der Waals surface area (Å²) >= 11 is 0. The number of nitrogens with one attached hydrogen (secondary N) is 1. The molecule has 0 aliphatic heterocycles. The number of unbranched alkanes of at least 4 members (excludes halogenated alkanes) is 14. The summed E-state index contributed by atoms with van der Waals surface area (Å²) in [5, 5.41) is 16.0. The van der Waals surface area contributed by atoms with Gasteiger partial charge in [-0.25, -0.2) is 4.57 Å². The Morgan fingerprint density at radius 1 is 0.716 bits per heavy atom. The number of aliphatic carboxylic acids is 1. The average Bonchev–Trinajstić information content (AvgIpc) is 3.69. The standard InChI is InChI=1S/C55H88N4O8/c1-6-8-9-10-18-27-34-59(4,5)35-37-67-54(64)43(3)38-47(55(65)66-36-28-19-16-14-12-11-13-15-17-24-31-58-32-25-21-26-33-58)39-46-40-48(57-52(61)45-29-22-20-23-30-45)42-49(46)50(53(62)63)41-44(7-2)51(56)60/h20-23,25-26,29-30,32-33,43-44,46-50H,6-19,24,27-28,31,34-42H2,1-5H3,(H2-2,56,57,60,61,62,63)/p+1. The van der Waals surface area contributed by atoms with Gasteiger partial charge in [0.05, 0.1) is 39.1 Å². The van der Waals surface area contributed by atoms with E-state index in [9.17, 15) is 29.1 Å². The van der Waals surface area contributed by atoms with E-state index in [-0.39, 0.29) is 56.3 Å². The third kappa shape index (κ3) is 23.0. The molecule has 0 spiro atoms. The van der Waals surface area contributed by atoms with Crippen molar-refractivity contribution in [1.29, 1.82) is 0 Å². The molecule has 1 aliphatic carbocycles. The fourth-order valence-electron chi connectivity index (χ4n) is 9.96. The number of benzene rings is 1. The van der Waals surface area contributed by atoms with Crippen molar-refractivity contribution < 1.29 is 47.6 Å². The number of primary amides is 1. The van der Waals surface area contributed by atoms with Crippen molar-refractivity contribution in [2.45, 2.75) is 175 Å². The van der Waals surface area contributed by atoms with Gasteiger partial charge in [0.1, 0.15) is 19.7 Å². The van der Waals surface area contributed by atoms with E-state index in [2.05, 4.69) is 55.4 Å². The van der Waals surface area contributed by atoms with Crippen LogP contribution >= 0.6 is 0 Å². The van der Waals surface area contributed by atoms with Crippen LogP contribution in [0.3, 0.4) is 0 Å². The molecule has 1 aliphatic rings. The fourth-order valence-corrected chi connectivity index (χ4v) is 9.96. The predicted molar refractivity (Wildman–Crippen MR) is 262 cm³/mol. The molecule has 376 valence electrons. The highest BCUT2D eigenvalue weighted by Gasteiger charge is 2.43. The van der Waals surface area contributed by atoms with E-state index < -0.39 is 47.4 Å². The molecule has 2 aromatic rings. The molecule has 12 nitrogen and oxygen atoms in total. The Balaban J connectivity index is 1.64. The largest absolute Gasteiger partial charge is 0.550 e. The van der Waals surface area contributed by atoms with Gasteiger partial charge in [0.25, 0.3) is 5.91 Å². The molecule has 12 heteroatoms. The maximum absolute atomic E-state index is 14.1. The number of carbonyl (C=O) groups is 5. The summed E-state index contributed by atoms with van der Waals surface area (Å²) in [5.74, 6) is -6.80. The Kier molecular flexibility index (Phi) is 27.6. The number of carbonyl (C=O) groups excluding carboxylic acids is 5. The van der Waals surface area contributed by atoms with Crippen LogP contribution in [0.1, 0.15) is 172 Å². The fraction of sp³-hybridized carbons (Fsp3) is 0.709. The molecule has 67 heavy (non-hydrogen) atoms. The van der Waals surface area contributed by atoms with E-state index in [4.69, 9.17) is 15.2 Å². The number of ether oxygens (including phenoxy) is 2. The summed E-state index contributed by atoms with van der Waals surface area (Å²) in [7, 11) is 4.31. The van der Waals surface area contributed by atoms with Crippen LogP contribution in [0.5, 0.6) is 0 Å². The van der Waals surface area contributed by atoms with E-state index >= 15 is 0 Å². The average molecular weight is 934 g/mol. The lowest BCUT2D eigenvalue weighted by Gasteiger charge is -2.33. The predicted octanol–water partition coefficient (Wildman–Crippen LogP) is 8.52. The van der Waals surface area contributed by atoms with Gasteiger partial charge in [-0.3, -0.25) is 19.2 Å². The molecule has 1 aromatic heterocycles. The number of hydrogen-bond acceptors (Lipinski definition) is 8. The number of hydrogen-bond donors (Lipinski definition) is 2. The summed E-state index contributed by atoms with van der Waals surface area (Å²) in [6, 6.07) is 14.6. The maximum atomic E-state index is 14.1. The molecule has 0 radical (unpaired) electrons. The normalized spacial score (nSPS) is 17.8. The Hall–Kier alpha value is -4.32. The van der Waals surface area contributed by atoms with Gasteiger partial charge in [-0.05, 0) is 88.2 Å². The van der Waals surface area contributed by atoms with Crippen molar-refractivity contribution in [2.75, 3.05) is 40.4 Å². The van der Waals surface area contributed by atoms with E-state index in [1.54, 1.807) is 38.1 Å². The molecular weight excluding hydrogens is 845 g/mol. The van der Waals surface area contributed by atoms with E-state index in [1.807, 2.05) is 12.1 Å². The Bertz CT molecular complexity index is 1710. The molecule has 3 N–H and O–H groups in total. The van der Waals surface area contributed by atoms with Crippen molar-refractivity contribution in [3.8, 4) is 0 Å². The van der Waals surface area contributed by atoms with E-state index in [1.165, 1.54) is 70.6 Å². The first-order valence-electron chi connectivity index (χ1n) is 26.2. The first kappa shape index (κ1) is 57.0. The lowest BCUT2D eigenvalue weighted by atomic mass is 9.74. The van der Waals surface area contributed by atoms with Gasteiger partial charge in [0, 0.05) is 48.0 Å². The summed E-state index contributed by atoms with van der Waals surface area (Å²) in [6.45, 7) is 9.08. The zero-order valence-corrected chi connectivity index (χ0v) is 42.1. The zero-order valence-electron chi connectivity index (χ0n) is 42.1. The van der Waals surface area contributed by atoms with Gasteiger partial charge in [-0.15, -0.1) is 0 Å². The van der Waals surface area contributed by atoms with Crippen LogP contribution in [-0.4, -0.2) is 80.6 Å². The number of quaternary nitrogens is 1. The molecule has 7 unspecified atom stereocenters. The number of carboxylic acid groups (broad SMARTS) is 1. The van der Waals surface area contributed by atoms with E-state index in [0.29, 0.717) is 31.4 Å². The highest BCUT2D eigenvalue weighted by Crippen LogP contribution is 2.44. The lowest BCUT2D eigenvalue weighted by Crippen LogP contribution is -2.43. The lowest BCUT2D eigenvalue weighted by molar-refractivity contribution is -0.890. The molecule has 7 atom stereocenters. The quantitative estimate of drug-likeness (QED) is 0.0294. The number of likely N-dealkylation sites (N-methyl/N-ethyl adjacent to an activating group) is 1. The molecule has 1 heterocycles. The van der Waals surface area contributed by atoms with Crippen molar-refractivity contribution in [3.05, 3.63) is 66.5 Å². The zero-order chi connectivity index (χ0) is 48.9. The van der Waals surface area contributed by atoms with Crippen LogP contribution in [0.2, 0.25) is 0 Å². The summed E-state index contributed by atoms with van der Waals surface area (Å²) < 4.78 is 14.8. The highest BCUT2D eigenvalue weighted by atomic mass is 16.5. The van der Waals surface area contributed by atoms with E-state index in [0.717, 1.165) is 49.7 Å². The van der Waals surface area contributed by atoms with Crippen LogP contribution < -0.4 is 20.7 Å². The van der Waals surface area contributed by atoms with Crippen molar-refractivity contribution in [2.24, 2.45) is 41.2 Å². The highest BCUT2D eigenvalue weighted by molar-refractivity contribution is 5.94. The van der Waals surface area contributed by atoms with Gasteiger partial charge < -0.3 is 34.9 Å². The van der Waals surface area contributed by atoms with Crippen LogP contribution in [0, 0.1) is 35.5 Å². The number of rotatable bonds is 37. The second-order valence-corrected chi connectivity index (χ2v) is 20.3. The molecule has 1 fully saturated rings. The number of esters is 2. The van der Waals surface area contributed by atoms with Crippen LogP contribution in [-0.2, 0) is 35.2 Å². The van der Waals surface area contributed by atoms with Crippen LogP contribution in [0.15, 0.2) is 60.9 Å². The summed E-state index contributed by atoms with van der Waals surface area (Å²) in [5.41, 5.74) is 6.20. The number of aryl methyl sites for hydroxylation is 1. The minimum absolute atomic E-state index is 0.00817. The van der Waals surface area contributed by atoms with Crippen molar-refractivity contribution >= 4 is 29.7 Å². The third-order valence-electron chi connectivity index (χ3n) is 14.2. The Morgan fingerprint density at radius 3 is 1.91 bits per heavy atom. The van der Waals surface area contributed by atoms with Crippen LogP contribution in [0.25, 0.3) is 0 Å². The second kappa shape index (κ2) is 32.4. The molecule has 1 saturated carbocycles. The topological polar surface area (TPSA) is 169 Å². The smallest absolute Gasteiger partial charge is 0.308 e. The number of nitrogens with zero attached hydrogens (tertiary/aromatic N) is 2. The Labute approximate surface area is 404 Å². The molecule has 0 saturated heterocycles. The number of aromatic nitrogens is 1. The van der Waals surface area contributed by atoms with Crippen LogP contribution in [0.4, 0.5) is 0 Å². The third-order valence-corrected chi connectivity index (χ3v) is 14.2. The van der Waals surface area contributed by atoms with Crippen molar-refractivity contribution in [1.82, 2.24) is 5.32 Å². The maximum Gasteiger partial charge on any atom is 0.308 e. The molecule has 1 aromatic carbocycles. The second-order valence-electron chi connectivity index (χ2n) is 20.3. The summed E-state index contributed by atoms with van der Waals surface area (Å²) in [6.07, 6.45) is 24.4. The minimum atomic E-state index is -1.28. The number of carboxylic acids is 1. The number of nitrogens with two attached hydrogens (primary N) is 1. The van der Waals surface area contributed by atoms with Gasteiger partial charge >= 0.3 is 11.9 Å². The first-order valence-corrected chi connectivity index (χ1v) is 26.2. The van der Waals surface area contributed by atoms with Gasteiger partial charge in [-0.2, -0.15) is 0 Å². The molecule has 2 amide bonds.